The second-order valence-corrected chi connectivity index (χ2v) is 11.2. The largest absolute Gasteiger partial charge is 0.468 e. The van der Waals surface area contributed by atoms with Gasteiger partial charge in [0.05, 0.1) is 18.1 Å². The number of benzene rings is 3. The molecule has 0 aliphatic heterocycles. The first-order valence-electron chi connectivity index (χ1n) is 12.2. The topological polar surface area (TPSA) is 108 Å². The summed E-state index contributed by atoms with van der Waals surface area (Å²) in [5, 5.41) is 11.6. The molecule has 2 atom stereocenters. The van der Waals surface area contributed by atoms with Crippen LogP contribution in [0.1, 0.15) is 48.1 Å². The van der Waals surface area contributed by atoms with E-state index in [4.69, 9.17) is 4.74 Å². The number of aromatic amines is 1. The number of fused-ring (bicyclic) bond motifs is 1. The molecule has 0 saturated carbocycles. The van der Waals surface area contributed by atoms with E-state index in [2.05, 4.69) is 23.6 Å². The molecule has 1 unspecified atom stereocenters. The van der Waals surface area contributed by atoms with Crippen LogP contribution in [0.25, 0.3) is 10.9 Å². The van der Waals surface area contributed by atoms with E-state index < -0.39 is 28.1 Å². The highest BCUT2D eigenvalue weighted by atomic mass is 32.2. The molecular formula is C29H32N2O5S. The Hall–Kier alpha value is -3.46. The minimum atomic E-state index is -4.00. The number of nitrogens with one attached hydrogen (secondary N) is 2. The zero-order valence-corrected chi connectivity index (χ0v) is 22.0. The Morgan fingerprint density at radius 3 is 2.24 bits per heavy atom. The maximum Gasteiger partial charge on any atom is 0.324 e. The Morgan fingerprint density at radius 1 is 0.946 bits per heavy atom. The van der Waals surface area contributed by atoms with Gasteiger partial charge in [-0.25, -0.2) is 8.42 Å². The molecule has 1 aromatic heterocycles. The number of methoxy groups -OCH3 is 1. The van der Waals surface area contributed by atoms with Crippen LogP contribution in [0.15, 0.2) is 83.9 Å². The zero-order valence-electron chi connectivity index (χ0n) is 21.1. The van der Waals surface area contributed by atoms with Gasteiger partial charge in [-0.2, -0.15) is 4.72 Å². The van der Waals surface area contributed by atoms with Crippen LogP contribution in [0.2, 0.25) is 0 Å². The number of H-pyrrole nitrogens is 1. The summed E-state index contributed by atoms with van der Waals surface area (Å²) in [6.07, 6.45) is 1.54. The summed E-state index contributed by atoms with van der Waals surface area (Å²) in [5.41, 5.74) is 4.51. The van der Waals surface area contributed by atoms with Crippen LogP contribution >= 0.6 is 0 Å². The average Bonchev–Trinajstić information content (AvgIpc) is 3.30. The highest BCUT2D eigenvalue weighted by Crippen LogP contribution is 2.23. The minimum Gasteiger partial charge on any atom is -0.468 e. The summed E-state index contributed by atoms with van der Waals surface area (Å²) in [4.78, 5) is 15.6. The summed E-state index contributed by atoms with van der Waals surface area (Å²) in [6.45, 7) is 4.23. The van der Waals surface area contributed by atoms with Crippen LogP contribution < -0.4 is 4.72 Å². The molecule has 0 fully saturated rings. The Bertz CT molecular complexity index is 1460. The molecule has 0 aliphatic rings. The van der Waals surface area contributed by atoms with Gasteiger partial charge in [0.15, 0.2) is 0 Å². The number of carbonyl (C=O) groups is 1. The fourth-order valence-electron chi connectivity index (χ4n) is 4.34. The first kappa shape index (κ1) is 26.6. The molecule has 194 valence electrons. The van der Waals surface area contributed by atoms with Crippen molar-refractivity contribution in [2.45, 2.75) is 49.6 Å². The van der Waals surface area contributed by atoms with Gasteiger partial charge in [-0.3, -0.25) is 4.79 Å². The van der Waals surface area contributed by atoms with Crippen molar-refractivity contribution in [3.8, 4) is 0 Å². The lowest BCUT2D eigenvalue weighted by Gasteiger charge is -2.17. The Morgan fingerprint density at radius 2 is 1.59 bits per heavy atom. The molecular weight excluding hydrogens is 488 g/mol. The molecule has 0 bridgehead atoms. The highest BCUT2D eigenvalue weighted by molar-refractivity contribution is 7.89. The minimum absolute atomic E-state index is 0.0276. The van der Waals surface area contributed by atoms with Gasteiger partial charge >= 0.3 is 5.97 Å². The number of sulfonamides is 1. The molecule has 8 heteroatoms. The molecule has 0 amide bonds. The third kappa shape index (κ3) is 6.28. The van der Waals surface area contributed by atoms with Crippen molar-refractivity contribution in [1.29, 1.82) is 0 Å². The van der Waals surface area contributed by atoms with E-state index in [1.165, 1.54) is 24.8 Å². The van der Waals surface area contributed by atoms with Crippen LogP contribution in [-0.4, -0.2) is 37.6 Å². The smallest absolute Gasteiger partial charge is 0.324 e. The number of ether oxygens (including phenoxy) is 1. The summed E-state index contributed by atoms with van der Waals surface area (Å²) in [5.74, 6) is -0.257. The van der Waals surface area contributed by atoms with Crippen molar-refractivity contribution >= 4 is 26.9 Å². The molecule has 4 aromatic rings. The number of esters is 1. The van der Waals surface area contributed by atoms with Crippen LogP contribution in [0.4, 0.5) is 0 Å². The zero-order chi connectivity index (χ0) is 26.6. The average molecular weight is 521 g/mol. The normalized spacial score (nSPS) is 13.5. The standard InChI is InChI=1S/C29H32N2O5S/c1-19(2)21-10-12-22(13-11-21)28(32)16-20-8-14-24(15-9-20)37(34,35)31-27(29(33)36-3)17-23-18-30-26-7-5-4-6-25(23)26/h4-15,18-19,27-28,30-32H,16-17H2,1-3H3/t27-,28?/m1/s1. The van der Waals surface area contributed by atoms with Crippen LogP contribution in [0.5, 0.6) is 0 Å². The second-order valence-electron chi connectivity index (χ2n) is 9.45. The number of aliphatic hydroxyl groups is 1. The number of hydrogen-bond donors (Lipinski definition) is 3. The number of carbonyl (C=O) groups excluding carboxylic acids is 1. The number of aromatic nitrogens is 1. The van der Waals surface area contributed by atoms with E-state index >= 15 is 0 Å². The molecule has 3 N–H and O–H groups in total. The first-order valence-corrected chi connectivity index (χ1v) is 13.7. The number of aliphatic hydroxyl groups excluding tert-OH is 1. The van der Waals surface area contributed by atoms with Crippen molar-refractivity contribution < 1.29 is 23.1 Å². The molecule has 1 heterocycles. The molecule has 37 heavy (non-hydrogen) atoms. The Kier molecular flexibility index (Phi) is 8.12. The van der Waals surface area contributed by atoms with Gasteiger partial charge in [-0.15, -0.1) is 0 Å². The number of para-hydroxylation sites is 1. The molecule has 0 saturated heterocycles. The van der Waals surface area contributed by atoms with E-state index in [-0.39, 0.29) is 11.3 Å². The second kappa shape index (κ2) is 11.3. The van der Waals surface area contributed by atoms with Crippen LogP contribution in [0.3, 0.4) is 0 Å². The van der Waals surface area contributed by atoms with Gasteiger partial charge in [0.25, 0.3) is 0 Å². The van der Waals surface area contributed by atoms with Crippen LogP contribution in [-0.2, 0) is 32.4 Å². The highest BCUT2D eigenvalue weighted by Gasteiger charge is 2.27. The van der Waals surface area contributed by atoms with Gasteiger partial charge in [0.2, 0.25) is 10.0 Å². The van der Waals surface area contributed by atoms with Gasteiger partial charge in [0, 0.05) is 29.9 Å². The summed E-state index contributed by atoms with van der Waals surface area (Å²) in [6, 6.07) is 20.7. The van der Waals surface area contributed by atoms with Crippen molar-refractivity contribution in [3.05, 3.63) is 101 Å². The van der Waals surface area contributed by atoms with Gasteiger partial charge in [0.1, 0.15) is 6.04 Å². The van der Waals surface area contributed by atoms with Crippen molar-refractivity contribution in [1.82, 2.24) is 9.71 Å². The molecule has 3 aromatic carbocycles. The fourth-order valence-corrected chi connectivity index (χ4v) is 5.52. The molecule has 0 radical (unpaired) electrons. The van der Waals surface area contributed by atoms with E-state index in [9.17, 15) is 18.3 Å². The molecule has 0 spiro atoms. The third-order valence-corrected chi connectivity index (χ3v) is 8.02. The fraction of sp³-hybridized carbons (Fsp3) is 0.276. The van der Waals surface area contributed by atoms with Crippen molar-refractivity contribution in [2.75, 3.05) is 7.11 Å². The van der Waals surface area contributed by atoms with E-state index in [1.807, 2.05) is 48.5 Å². The molecule has 4 rings (SSSR count). The van der Waals surface area contributed by atoms with Gasteiger partial charge in [-0.1, -0.05) is 68.4 Å². The van der Waals surface area contributed by atoms with E-state index in [0.717, 1.165) is 27.6 Å². The predicted octanol–water partition coefficient (Wildman–Crippen LogP) is 4.63. The lowest BCUT2D eigenvalue weighted by Crippen LogP contribution is -2.42. The van der Waals surface area contributed by atoms with Gasteiger partial charge in [-0.05, 0) is 46.4 Å². The Labute approximate surface area is 217 Å². The van der Waals surface area contributed by atoms with E-state index in [1.54, 1.807) is 18.3 Å². The maximum atomic E-state index is 13.1. The predicted molar refractivity (Wildman–Crippen MR) is 144 cm³/mol. The van der Waals surface area contributed by atoms with Crippen molar-refractivity contribution in [2.24, 2.45) is 0 Å². The summed E-state index contributed by atoms with van der Waals surface area (Å²) < 4.78 is 33.6. The van der Waals surface area contributed by atoms with E-state index in [0.29, 0.717) is 12.3 Å². The quantitative estimate of drug-likeness (QED) is 0.264. The monoisotopic (exact) mass is 520 g/mol. The lowest BCUT2D eigenvalue weighted by molar-refractivity contribution is -0.142. The molecule has 7 nitrogen and oxygen atoms in total. The van der Waals surface area contributed by atoms with Gasteiger partial charge < -0.3 is 14.8 Å². The third-order valence-electron chi connectivity index (χ3n) is 6.53. The Balaban J connectivity index is 1.46. The number of hydrogen-bond acceptors (Lipinski definition) is 5. The molecule has 0 aliphatic carbocycles. The maximum absolute atomic E-state index is 13.1. The number of rotatable bonds is 10. The lowest BCUT2D eigenvalue weighted by atomic mass is 9.97. The van der Waals surface area contributed by atoms with Crippen molar-refractivity contribution in [3.63, 3.8) is 0 Å². The SMILES string of the molecule is COC(=O)[C@@H](Cc1c[nH]c2ccccc12)NS(=O)(=O)c1ccc(CC(O)c2ccc(C(C)C)cc2)cc1. The summed E-state index contributed by atoms with van der Waals surface area (Å²) >= 11 is 0. The first-order chi connectivity index (χ1) is 17.7. The summed E-state index contributed by atoms with van der Waals surface area (Å²) in [7, 11) is -2.77. The van der Waals surface area contributed by atoms with Crippen LogP contribution in [0, 0.1) is 0 Å².